The molecule has 0 unspecified atom stereocenters. The number of ketones is 1. The zero-order valence-electron chi connectivity index (χ0n) is 11.3. The Kier molecular flexibility index (Phi) is 5.58. The summed E-state index contributed by atoms with van der Waals surface area (Å²) >= 11 is 1.76. The second-order valence-corrected chi connectivity index (χ2v) is 5.67. The molecular formula is C15H20O3S. The number of carbonyl (C=O) groups excluding carboxylic acids is 1. The molecule has 0 N–H and O–H groups in total. The first-order chi connectivity index (χ1) is 9.29. The van der Waals surface area contributed by atoms with E-state index in [4.69, 9.17) is 9.47 Å². The van der Waals surface area contributed by atoms with E-state index in [0.717, 1.165) is 36.7 Å². The van der Waals surface area contributed by atoms with Gasteiger partial charge in [0.1, 0.15) is 5.78 Å². The highest BCUT2D eigenvalue weighted by atomic mass is 32.2. The lowest BCUT2D eigenvalue weighted by atomic mass is 10.2. The monoisotopic (exact) mass is 280 g/mol. The van der Waals surface area contributed by atoms with Gasteiger partial charge in [-0.25, -0.2) is 0 Å². The van der Waals surface area contributed by atoms with E-state index in [1.54, 1.807) is 11.8 Å². The summed E-state index contributed by atoms with van der Waals surface area (Å²) in [5.41, 5.74) is 0. The average molecular weight is 280 g/mol. The minimum absolute atomic E-state index is 0.347. The zero-order chi connectivity index (χ0) is 13.5. The Hall–Kier alpha value is -1.16. The molecule has 1 aromatic rings. The van der Waals surface area contributed by atoms with E-state index in [1.165, 1.54) is 4.90 Å². The van der Waals surface area contributed by atoms with Gasteiger partial charge in [0, 0.05) is 24.2 Å². The van der Waals surface area contributed by atoms with Crippen LogP contribution in [0.5, 0.6) is 11.5 Å². The van der Waals surface area contributed by atoms with E-state index < -0.39 is 0 Å². The standard InChI is InChI=1S/C15H20O3S/c1-2-12(16)5-3-10-19-13-6-7-14-15(11-13)18-9-4-8-17-14/h6-7,11H,2-5,8-10H2,1H3. The Morgan fingerprint density at radius 3 is 2.84 bits per heavy atom. The summed E-state index contributed by atoms with van der Waals surface area (Å²) in [6, 6.07) is 6.06. The van der Waals surface area contributed by atoms with Crippen LogP contribution in [0, 0.1) is 0 Å². The Labute approximate surface area is 118 Å². The van der Waals surface area contributed by atoms with Crippen LogP contribution in [0.2, 0.25) is 0 Å². The van der Waals surface area contributed by atoms with Crippen LogP contribution >= 0.6 is 11.8 Å². The molecule has 1 aromatic carbocycles. The molecule has 4 heteroatoms. The van der Waals surface area contributed by atoms with Crippen molar-refractivity contribution in [2.75, 3.05) is 19.0 Å². The van der Waals surface area contributed by atoms with E-state index in [9.17, 15) is 4.79 Å². The van der Waals surface area contributed by atoms with Crippen LogP contribution in [0.15, 0.2) is 23.1 Å². The van der Waals surface area contributed by atoms with Crippen molar-refractivity contribution in [3.63, 3.8) is 0 Å². The van der Waals surface area contributed by atoms with Gasteiger partial charge in [-0.15, -0.1) is 11.8 Å². The van der Waals surface area contributed by atoms with Gasteiger partial charge in [-0.1, -0.05) is 6.92 Å². The maximum Gasteiger partial charge on any atom is 0.162 e. The summed E-state index contributed by atoms with van der Waals surface area (Å²) in [7, 11) is 0. The summed E-state index contributed by atoms with van der Waals surface area (Å²) < 4.78 is 11.3. The van der Waals surface area contributed by atoms with Gasteiger partial charge in [0.2, 0.25) is 0 Å². The third-order valence-electron chi connectivity index (χ3n) is 2.98. The number of thioether (sulfide) groups is 1. The van der Waals surface area contributed by atoms with Crippen LogP contribution in [-0.4, -0.2) is 24.7 Å². The van der Waals surface area contributed by atoms with Crippen LogP contribution in [0.4, 0.5) is 0 Å². The lowest BCUT2D eigenvalue weighted by Crippen LogP contribution is -1.97. The van der Waals surface area contributed by atoms with Crippen molar-refractivity contribution in [1.29, 1.82) is 0 Å². The Morgan fingerprint density at radius 1 is 1.26 bits per heavy atom. The van der Waals surface area contributed by atoms with Gasteiger partial charge >= 0.3 is 0 Å². The maximum absolute atomic E-state index is 11.2. The topological polar surface area (TPSA) is 35.5 Å². The maximum atomic E-state index is 11.2. The lowest BCUT2D eigenvalue weighted by Gasteiger charge is -2.09. The van der Waals surface area contributed by atoms with E-state index >= 15 is 0 Å². The minimum Gasteiger partial charge on any atom is -0.490 e. The third-order valence-corrected chi connectivity index (χ3v) is 4.06. The summed E-state index contributed by atoms with van der Waals surface area (Å²) in [5, 5.41) is 0. The molecule has 0 spiro atoms. The molecule has 1 aliphatic heterocycles. The average Bonchev–Trinajstić information content (AvgIpc) is 2.68. The normalized spacial score (nSPS) is 13.9. The Bertz CT molecular complexity index is 431. The Morgan fingerprint density at radius 2 is 2.05 bits per heavy atom. The molecule has 1 aliphatic rings. The molecule has 0 aromatic heterocycles. The third kappa shape index (κ3) is 4.46. The molecule has 0 saturated carbocycles. The largest absolute Gasteiger partial charge is 0.490 e. The van der Waals surface area contributed by atoms with Crippen molar-refractivity contribution in [3.8, 4) is 11.5 Å². The fraction of sp³-hybridized carbons (Fsp3) is 0.533. The Balaban J connectivity index is 1.84. The van der Waals surface area contributed by atoms with Gasteiger partial charge < -0.3 is 9.47 Å². The molecule has 3 nitrogen and oxygen atoms in total. The molecular weight excluding hydrogens is 260 g/mol. The van der Waals surface area contributed by atoms with Gasteiger partial charge in [0.15, 0.2) is 11.5 Å². The molecule has 0 amide bonds. The number of benzene rings is 1. The first kappa shape index (κ1) is 14.3. The second-order valence-electron chi connectivity index (χ2n) is 4.50. The molecule has 1 heterocycles. The SMILES string of the molecule is CCC(=O)CCCSc1ccc2c(c1)OCCCO2. The van der Waals surface area contributed by atoms with Gasteiger partial charge in [-0.3, -0.25) is 4.79 Å². The van der Waals surface area contributed by atoms with Crippen molar-refractivity contribution >= 4 is 17.5 Å². The van der Waals surface area contributed by atoms with Crippen LogP contribution < -0.4 is 9.47 Å². The molecule has 0 fully saturated rings. The fourth-order valence-electron chi connectivity index (χ4n) is 1.87. The fourth-order valence-corrected chi connectivity index (χ4v) is 2.75. The lowest BCUT2D eigenvalue weighted by molar-refractivity contribution is -0.118. The van der Waals surface area contributed by atoms with Gasteiger partial charge in [0.25, 0.3) is 0 Å². The number of Topliss-reactive ketones (excluding diaryl/α,β-unsaturated/α-hetero) is 1. The first-order valence-electron chi connectivity index (χ1n) is 6.83. The first-order valence-corrected chi connectivity index (χ1v) is 7.82. The molecule has 104 valence electrons. The summed E-state index contributed by atoms with van der Waals surface area (Å²) in [6.07, 6.45) is 3.20. The van der Waals surface area contributed by atoms with Gasteiger partial charge in [-0.05, 0) is 30.4 Å². The van der Waals surface area contributed by atoms with Crippen molar-refractivity contribution in [2.45, 2.75) is 37.5 Å². The molecule has 19 heavy (non-hydrogen) atoms. The molecule has 0 aliphatic carbocycles. The number of ether oxygens (including phenoxy) is 2. The van der Waals surface area contributed by atoms with Crippen LogP contribution in [0.3, 0.4) is 0 Å². The van der Waals surface area contributed by atoms with Crippen molar-refractivity contribution in [1.82, 2.24) is 0 Å². The predicted molar refractivity (Wildman–Crippen MR) is 77.3 cm³/mol. The number of carbonyl (C=O) groups is 1. The zero-order valence-corrected chi connectivity index (χ0v) is 12.1. The number of rotatable bonds is 6. The van der Waals surface area contributed by atoms with Gasteiger partial charge in [-0.2, -0.15) is 0 Å². The van der Waals surface area contributed by atoms with Crippen molar-refractivity contribution in [2.24, 2.45) is 0 Å². The van der Waals surface area contributed by atoms with Gasteiger partial charge in [0.05, 0.1) is 13.2 Å². The van der Waals surface area contributed by atoms with E-state index in [-0.39, 0.29) is 0 Å². The summed E-state index contributed by atoms with van der Waals surface area (Å²) in [5.74, 6) is 2.99. The van der Waals surface area contributed by atoms with E-state index in [1.807, 2.05) is 19.1 Å². The highest BCUT2D eigenvalue weighted by Gasteiger charge is 2.10. The van der Waals surface area contributed by atoms with Crippen molar-refractivity contribution < 1.29 is 14.3 Å². The number of fused-ring (bicyclic) bond motifs is 1. The van der Waals surface area contributed by atoms with E-state index in [0.29, 0.717) is 25.2 Å². The highest BCUT2D eigenvalue weighted by Crippen LogP contribution is 2.34. The quantitative estimate of drug-likeness (QED) is 0.588. The van der Waals surface area contributed by atoms with Crippen LogP contribution in [-0.2, 0) is 4.79 Å². The van der Waals surface area contributed by atoms with Crippen molar-refractivity contribution in [3.05, 3.63) is 18.2 Å². The highest BCUT2D eigenvalue weighted by molar-refractivity contribution is 7.99. The van der Waals surface area contributed by atoms with E-state index in [2.05, 4.69) is 6.07 Å². The van der Waals surface area contributed by atoms with Crippen LogP contribution in [0.1, 0.15) is 32.6 Å². The summed E-state index contributed by atoms with van der Waals surface area (Å²) in [6.45, 7) is 3.35. The number of hydrogen-bond acceptors (Lipinski definition) is 4. The predicted octanol–water partition coefficient (Wildman–Crippen LogP) is 3.70. The number of hydrogen-bond donors (Lipinski definition) is 0. The molecule has 0 bridgehead atoms. The molecule has 0 atom stereocenters. The molecule has 2 rings (SSSR count). The minimum atomic E-state index is 0.347. The second kappa shape index (κ2) is 7.43. The summed E-state index contributed by atoms with van der Waals surface area (Å²) in [4.78, 5) is 12.4. The van der Waals surface area contributed by atoms with Crippen LogP contribution in [0.25, 0.3) is 0 Å². The molecule has 0 radical (unpaired) electrons. The molecule has 0 saturated heterocycles. The smallest absolute Gasteiger partial charge is 0.162 e.